The maximum absolute atomic E-state index is 11.0. The number of aliphatic carboxylic acids is 1. The molecule has 1 atom stereocenters. The van der Waals surface area contributed by atoms with E-state index in [9.17, 15) is 4.79 Å². The number of H-pyrrole nitrogens is 1. The molecule has 6 heteroatoms. The Morgan fingerprint density at radius 2 is 2.37 bits per heavy atom. The molecule has 2 rings (SSSR count). The number of nitrogens with one attached hydrogen (secondary N) is 2. The van der Waals surface area contributed by atoms with Gasteiger partial charge < -0.3 is 15.4 Å². The highest BCUT2D eigenvalue weighted by atomic mass is 16.4. The van der Waals surface area contributed by atoms with E-state index in [1.165, 1.54) is 0 Å². The predicted octanol–water partition coefficient (Wildman–Crippen LogP) is 0.667. The van der Waals surface area contributed by atoms with Crippen LogP contribution >= 0.6 is 0 Å². The number of imidazole rings is 1. The van der Waals surface area contributed by atoms with Crippen molar-refractivity contribution in [2.45, 2.75) is 12.6 Å². The maximum Gasteiger partial charge on any atom is 0.322 e. The van der Waals surface area contributed by atoms with E-state index < -0.39 is 12.0 Å². The fourth-order valence-electron chi connectivity index (χ4n) is 2.06. The summed E-state index contributed by atoms with van der Waals surface area (Å²) in [6, 6.07) is 5.45. The second-order valence-corrected chi connectivity index (χ2v) is 4.63. The van der Waals surface area contributed by atoms with Crippen LogP contribution < -0.4 is 5.32 Å². The number of hydrogen-bond donors (Lipinski definition) is 3. The lowest BCUT2D eigenvalue weighted by molar-refractivity contribution is -0.139. The first kappa shape index (κ1) is 13.5. The van der Waals surface area contributed by atoms with Crippen molar-refractivity contribution in [3.63, 3.8) is 0 Å². The molecular formula is C13H18N4O2. The second kappa shape index (κ2) is 5.81. The Labute approximate surface area is 111 Å². The van der Waals surface area contributed by atoms with Crippen LogP contribution in [0.15, 0.2) is 24.5 Å². The van der Waals surface area contributed by atoms with Crippen LogP contribution in [0, 0.1) is 0 Å². The monoisotopic (exact) mass is 262 g/mol. The number of benzene rings is 1. The third kappa shape index (κ3) is 3.30. The van der Waals surface area contributed by atoms with Gasteiger partial charge in [-0.05, 0) is 31.8 Å². The van der Waals surface area contributed by atoms with Crippen molar-refractivity contribution in [1.82, 2.24) is 20.2 Å². The number of hydrogen-bond acceptors (Lipinski definition) is 4. The zero-order chi connectivity index (χ0) is 13.8. The summed E-state index contributed by atoms with van der Waals surface area (Å²) in [7, 11) is 3.56. The standard InChI is InChI=1S/C13H18N4O2/c1-14-12(13(18)19)7-17(2)6-9-3-4-10-11(5-9)16-8-15-10/h3-5,8,12,14H,6-7H2,1-2H3,(H,15,16)(H,18,19). The molecule has 0 fully saturated rings. The summed E-state index contributed by atoms with van der Waals surface area (Å²) >= 11 is 0. The molecule has 0 bridgehead atoms. The number of nitrogens with zero attached hydrogens (tertiary/aromatic N) is 2. The van der Waals surface area contributed by atoms with Gasteiger partial charge in [-0.1, -0.05) is 6.07 Å². The van der Waals surface area contributed by atoms with Gasteiger partial charge in [0.25, 0.3) is 0 Å². The SMILES string of the molecule is CNC(CN(C)Cc1ccc2nc[nH]c2c1)C(=O)O. The van der Waals surface area contributed by atoms with Gasteiger partial charge in [-0.25, -0.2) is 4.98 Å². The van der Waals surface area contributed by atoms with Gasteiger partial charge in [0.2, 0.25) is 0 Å². The number of aromatic amines is 1. The normalized spacial score (nSPS) is 13.0. The highest BCUT2D eigenvalue weighted by molar-refractivity contribution is 5.75. The quantitative estimate of drug-likeness (QED) is 0.713. The fraction of sp³-hybridized carbons (Fsp3) is 0.385. The summed E-state index contributed by atoms with van der Waals surface area (Å²) in [6.45, 7) is 1.15. The van der Waals surface area contributed by atoms with Crippen LogP contribution in [0.4, 0.5) is 0 Å². The fourth-order valence-corrected chi connectivity index (χ4v) is 2.06. The molecule has 1 aromatic carbocycles. The molecule has 0 spiro atoms. The lowest BCUT2D eigenvalue weighted by Gasteiger charge is -2.21. The Kier molecular flexibility index (Phi) is 4.13. The first-order chi connectivity index (χ1) is 9.10. The average molecular weight is 262 g/mol. The lowest BCUT2D eigenvalue weighted by Crippen LogP contribution is -2.43. The van der Waals surface area contributed by atoms with Crippen LogP contribution in [0.2, 0.25) is 0 Å². The van der Waals surface area contributed by atoms with Crippen molar-refractivity contribution < 1.29 is 9.90 Å². The van der Waals surface area contributed by atoms with Crippen molar-refractivity contribution >= 4 is 17.0 Å². The molecule has 0 radical (unpaired) electrons. The molecule has 3 N–H and O–H groups in total. The molecule has 1 unspecified atom stereocenters. The molecular weight excluding hydrogens is 244 g/mol. The molecule has 0 saturated carbocycles. The predicted molar refractivity (Wildman–Crippen MR) is 72.9 cm³/mol. The van der Waals surface area contributed by atoms with E-state index in [0.29, 0.717) is 13.1 Å². The van der Waals surface area contributed by atoms with Crippen LogP contribution in [0.5, 0.6) is 0 Å². The minimum atomic E-state index is -0.835. The Bertz CT molecular complexity index is 567. The number of rotatable bonds is 6. The highest BCUT2D eigenvalue weighted by Crippen LogP contribution is 2.13. The molecule has 102 valence electrons. The first-order valence-electron chi connectivity index (χ1n) is 6.11. The minimum Gasteiger partial charge on any atom is -0.480 e. The number of aromatic nitrogens is 2. The number of likely N-dealkylation sites (N-methyl/N-ethyl adjacent to an activating group) is 2. The molecule has 0 saturated heterocycles. The van der Waals surface area contributed by atoms with Crippen molar-refractivity contribution in [3.05, 3.63) is 30.1 Å². The number of carbonyl (C=O) groups is 1. The van der Waals surface area contributed by atoms with Gasteiger partial charge in [0.1, 0.15) is 6.04 Å². The van der Waals surface area contributed by atoms with Gasteiger partial charge in [0.15, 0.2) is 0 Å². The Hall–Kier alpha value is -1.92. The molecule has 0 aliphatic heterocycles. The number of carboxylic acid groups (broad SMARTS) is 1. The van der Waals surface area contributed by atoms with Gasteiger partial charge in [-0.15, -0.1) is 0 Å². The Balaban J connectivity index is 2.01. The molecule has 0 aliphatic carbocycles. The zero-order valence-electron chi connectivity index (χ0n) is 11.1. The van der Waals surface area contributed by atoms with Crippen molar-refractivity contribution in [2.24, 2.45) is 0 Å². The van der Waals surface area contributed by atoms with E-state index in [2.05, 4.69) is 15.3 Å². The van der Waals surface area contributed by atoms with Gasteiger partial charge >= 0.3 is 5.97 Å². The van der Waals surface area contributed by atoms with E-state index in [1.54, 1.807) is 13.4 Å². The second-order valence-electron chi connectivity index (χ2n) is 4.63. The Morgan fingerprint density at radius 1 is 1.58 bits per heavy atom. The molecule has 6 nitrogen and oxygen atoms in total. The van der Waals surface area contributed by atoms with E-state index in [0.717, 1.165) is 16.6 Å². The maximum atomic E-state index is 11.0. The summed E-state index contributed by atoms with van der Waals surface area (Å²) in [5.41, 5.74) is 3.05. The molecule has 1 heterocycles. The third-order valence-corrected chi connectivity index (χ3v) is 3.08. The molecule has 2 aromatic rings. The van der Waals surface area contributed by atoms with Crippen molar-refractivity contribution in [3.8, 4) is 0 Å². The summed E-state index contributed by atoms with van der Waals surface area (Å²) in [5.74, 6) is -0.835. The van der Waals surface area contributed by atoms with Gasteiger partial charge in [-0.3, -0.25) is 9.69 Å². The van der Waals surface area contributed by atoms with Crippen LogP contribution in [0.3, 0.4) is 0 Å². The summed E-state index contributed by atoms with van der Waals surface area (Å²) in [6.07, 6.45) is 1.67. The van der Waals surface area contributed by atoms with E-state index in [4.69, 9.17) is 5.11 Å². The lowest BCUT2D eigenvalue weighted by atomic mass is 10.2. The largest absolute Gasteiger partial charge is 0.480 e. The summed E-state index contributed by atoms with van der Waals surface area (Å²) < 4.78 is 0. The average Bonchev–Trinajstić information content (AvgIpc) is 2.82. The van der Waals surface area contributed by atoms with Crippen molar-refractivity contribution in [2.75, 3.05) is 20.6 Å². The summed E-state index contributed by atoms with van der Waals surface area (Å²) in [4.78, 5) is 20.2. The van der Waals surface area contributed by atoms with Gasteiger partial charge in [-0.2, -0.15) is 0 Å². The van der Waals surface area contributed by atoms with E-state index in [-0.39, 0.29) is 0 Å². The highest BCUT2D eigenvalue weighted by Gasteiger charge is 2.17. The van der Waals surface area contributed by atoms with E-state index in [1.807, 2.05) is 30.1 Å². The van der Waals surface area contributed by atoms with E-state index >= 15 is 0 Å². The molecule has 0 amide bonds. The molecule has 0 aliphatic rings. The Morgan fingerprint density at radius 3 is 3.05 bits per heavy atom. The van der Waals surface area contributed by atoms with Crippen LogP contribution in [-0.2, 0) is 11.3 Å². The molecule has 19 heavy (non-hydrogen) atoms. The van der Waals surface area contributed by atoms with Crippen LogP contribution in [0.25, 0.3) is 11.0 Å². The van der Waals surface area contributed by atoms with Crippen LogP contribution in [0.1, 0.15) is 5.56 Å². The van der Waals surface area contributed by atoms with Crippen molar-refractivity contribution in [1.29, 1.82) is 0 Å². The van der Waals surface area contributed by atoms with Crippen LogP contribution in [-0.4, -0.2) is 52.6 Å². The zero-order valence-corrected chi connectivity index (χ0v) is 11.1. The smallest absolute Gasteiger partial charge is 0.322 e. The van der Waals surface area contributed by atoms with Gasteiger partial charge in [0.05, 0.1) is 17.4 Å². The number of fused-ring (bicyclic) bond motifs is 1. The number of carboxylic acids is 1. The molecule has 1 aromatic heterocycles. The third-order valence-electron chi connectivity index (χ3n) is 3.08. The minimum absolute atomic E-state index is 0.451. The van der Waals surface area contributed by atoms with Gasteiger partial charge in [0, 0.05) is 13.1 Å². The topological polar surface area (TPSA) is 81.2 Å². The first-order valence-corrected chi connectivity index (χ1v) is 6.11. The summed E-state index contributed by atoms with van der Waals surface area (Å²) in [5, 5.41) is 11.8.